The molecule has 1 aliphatic carbocycles. The second-order valence-corrected chi connectivity index (χ2v) is 9.35. The van der Waals surface area contributed by atoms with Gasteiger partial charge in [0.1, 0.15) is 11.4 Å². The number of fused-ring (bicyclic) bond motifs is 3. The van der Waals surface area contributed by atoms with Gasteiger partial charge in [-0.3, -0.25) is 4.79 Å². The van der Waals surface area contributed by atoms with Crippen molar-refractivity contribution in [2.45, 2.75) is 39.2 Å². The molecule has 0 saturated heterocycles. The molecule has 1 unspecified atom stereocenters. The standard InChI is InChI=1S/C23H25N3OS/c1-15-7-8-18-19(13-15)28-23-21(18)22(27)24-20(25-23)14-26-11-9-17(10-12-26)16-5-3-2-4-6-16/h2-6,9,15H,7-8,10-14H2,1H3,(H,24,25,27)/p+1/t15-/m1/s1. The highest BCUT2D eigenvalue weighted by molar-refractivity contribution is 7.18. The van der Waals surface area contributed by atoms with E-state index in [0.29, 0.717) is 5.92 Å². The van der Waals surface area contributed by atoms with Gasteiger partial charge < -0.3 is 9.88 Å². The van der Waals surface area contributed by atoms with Crippen molar-refractivity contribution in [3.63, 3.8) is 0 Å². The van der Waals surface area contributed by atoms with Gasteiger partial charge in [-0.05, 0) is 48.0 Å². The van der Waals surface area contributed by atoms with E-state index in [9.17, 15) is 4.79 Å². The lowest BCUT2D eigenvalue weighted by Gasteiger charge is -2.23. The van der Waals surface area contributed by atoms with Crippen LogP contribution in [-0.4, -0.2) is 23.1 Å². The first-order chi connectivity index (χ1) is 13.7. The van der Waals surface area contributed by atoms with Crippen LogP contribution >= 0.6 is 11.3 Å². The highest BCUT2D eigenvalue weighted by atomic mass is 32.1. The summed E-state index contributed by atoms with van der Waals surface area (Å²) in [7, 11) is 0. The molecule has 3 aromatic rings. The number of aryl methyl sites for hydroxylation is 1. The lowest BCUT2D eigenvalue weighted by atomic mass is 9.89. The average Bonchev–Trinajstić information content (AvgIpc) is 3.07. The number of nitrogens with zero attached hydrogens (tertiary/aromatic N) is 1. The first kappa shape index (κ1) is 17.8. The van der Waals surface area contributed by atoms with Crippen molar-refractivity contribution in [2.75, 3.05) is 13.1 Å². The molecule has 2 aliphatic rings. The number of nitrogens with one attached hydrogen (secondary N) is 2. The highest BCUT2D eigenvalue weighted by Crippen LogP contribution is 2.35. The molecule has 0 fully saturated rings. The summed E-state index contributed by atoms with van der Waals surface area (Å²) < 4.78 is 0. The molecule has 2 atom stereocenters. The number of benzene rings is 1. The fourth-order valence-electron chi connectivity index (χ4n) is 4.57. The lowest BCUT2D eigenvalue weighted by Crippen LogP contribution is -3.11. The van der Waals surface area contributed by atoms with Gasteiger partial charge in [0.25, 0.3) is 5.56 Å². The van der Waals surface area contributed by atoms with Crippen LogP contribution in [0, 0.1) is 5.92 Å². The van der Waals surface area contributed by atoms with Gasteiger partial charge >= 0.3 is 0 Å². The van der Waals surface area contributed by atoms with Gasteiger partial charge in [0.2, 0.25) is 0 Å². The maximum atomic E-state index is 12.8. The monoisotopic (exact) mass is 392 g/mol. The third kappa shape index (κ3) is 3.33. The van der Waals surface area contributed by atoms with Crippen molar-refractivity contribution in [1.29, 1.82) is 0 Å². The largest absolute Gasteiger partial charge is 0.325 e. The van der Waals surface area contributed by atoms with Crippen LogP contribution in [0.3, 0.4) is 0 Å². The van der Waals surface area contributed by atoms with Crippen LogP contribution < -0.4 is 10.5 Å². The summed E-state index contributed by atoms with van der Waals surface area (Å²) in [5, 5.41) is 0.857. The van der Waals surface area contributed by atoms with E-state index in [-0.39, 0.29) is 5.56 Å². The lowest BCUT2D eigenvalue weighted by molar-refractivity contribution is -0.909. The Morgan fingerprint density at radius 3 is 2.89 bits per heavy atom. The summed E-state index contributed by atoms with van der Waals surface area (Å²) in [6, 6.07) is 10.6. The Hall–Kier alpha value is -2.24. The molecule has 3 heterocycles. The summed E-state index contributed by atoms with van der Waals surface area (Å²) in [5.74, 6) is 1.54. The predicted octanol–water partition coefficient (Wildman–Crippen LogP) is 2.98. The van der Waals surface area contributed by atoms with Crippen molar-refractivity contribution in [3.8, 4) is 0 Å². The van der Waals surface area contributed by atoms with E-state index in [1.54, 1.807) is 11.3 Å². The number of aromatic amines is 1. The number of H-pyrrole nitrogens is 1. The van der Waals surface area contributed by atoms with Gasteiger partial charge in [-0.1, -0.05) is 37.3 Å². The summed E-state index contributed by atoms with van der Waals surface area (Å²) in [5.41, 5.74) is 4.08. The fraction of sp³-hybridized carbons (Fsp3) is 0.391. The molecule has 1 aliphatic heterocycles. The number of hydrogen-bond acceptors (Lipinski definition) is 3. The predicted molar refractivity (Wildman–Crippen MR) is 115 cm³/mol. The summed E-state index contributed by atoms with van der Waals surface area (Å²) >= 11 is 1.74. The maximum Gasteiger partial charge on any atom is 0.260 e. The van der Waals surface area contributed by atoms with Gasteiger partial charge in [0, 0.05) is 11.3 Å². The van der Waals surface area contributed by atoms with Gasteiger partial charge in [0.15, 0.2) is 5.82 Å². The van der Waals surface area contributed by atoms with Crippen molar-refractivity contribution in [3.05, 3.63) is 68.6 Å². The molecule has 5 rings (SSSR count). The van der Waals surface area contributed by atoms with E-state index in [2.05, 4.69) is 48.3 Å². The number of hydrogen-bond donors (Lipinski definition) is 2. The Morgan fingerprint density at radius 2 is 2.11 bits per heavy atom. The number of quaternary nitrogens is 1. The molecule has 1 aromatic carbocycles. The number of rotatable bonds is 3. The molecular formula is C23H26N3OS+. The zero-order valence-electron chi connectivity index (χ0n) is 16.3. The van der Waals surface area contributed by atoms with E-state index < -0.39 is 0 Å². The van der Waals surface area contributed by atoms with Crippen LogP contribution in [0.1, 0.15) is 41.6 Å². The van der Waals surface area contributed by atoms with E-state index in [1.807, 2.05) is 0 Å². The molecular weight excluding hydrogens is 366 g/mol. The Kier molecular flexibility index (Phi) is 4.65. The SMILES string of the molecule is C[C@@H]1CCc2c(sc3nc(C[NH+]4CC=C(c5ccccc5)CC4)[nH]c(=O)c23)C1. The molecule has 0 radical (unpaired) electrons. The van der Waals surface area contributed by atoms with E-state index in [4.69, 9.17) is 4.98 Å². The van der Waals surface area contributed by atoms with Crippen LogP contribution in [0.4, 0.5) is 0 Å². The molecule has 4 nitrogen and oxygen atoms in total. The third-order valence-electron chi connectivity index (χ3n) is 6.16. The second-order valence-electron chi connectivity index (χ2n) is 8.27. The number of thiophene rings is 1. The summed E-state index contributed by atoms with van der Waals surface area (Å²) in [6.07, 6.45) is 6.70. The van der Waals surface area contributed by atoms with E-state index in [0.717, 1.165) is 54.9 Å². The summed E-state index contributed by atoms with van der Waals surface area (Å²) in [6.45, 7) is 5.13. The van der Waals surface area contributed by atoms with Gasteiger partial charge in [-0.2, -0.15) is 0 Å². The van der Waals surface area contributed by atoms with Gasteiger partial charge in [-0.25, -0.2) is 4.98 Å². The molecule has 5 heteroatoms. The molecule has 2 aromatic heterocycles. The highest BCUT2D eigenvalue weighted by Gasteiger charge is 2.24. The summed E-state index contributed by atoms with van der Waals surface area (Å²) in [4.78, 5) is 24.5. The zero-order valence-corrected chi connectivity index (χ0v) is 17.1. The number of aromatic nitrogens is 2. The molecule has 0 bridgehead atoms. The smallest absolute Gasteiger partial charge is 0.260 e. The maximum absolute atomic E-state index is 12.8. The molecule has 0 saturated carbocycles. The van der Waals surface area contributed by atoms with Crippen molar-refractivity contribution in [1.82, 2.24) is 9.97 Å². The minimum absolute atomic E-state index is 0.0592. The van der Waals surface area contributed by atoms with Gasteiger partial charge in [-0.15, -0.1) is 11.3 Å². The molecule has 144 valence electrons. The molecule has 2 N–H and O–H groups in total. The quantitative estimate of drug-likeness (QED) is 0.720. The Bertz CT molecular complexity index is 1100. The van der Waals surface area contributed by atoms with E-state index in [1.165, 1.54) is 32.9 Å². The molecule has 0 amide bonds. The van der Waals surface area contributed by atoms with Crippen LogP contribution in [0.5, 0.6) is 0 Å². The Labute approximate surface area is 168 Å². The van der Waals surface area contributed by atoms with Crippen molar-refractivity contribution >= 4 is 27.1 Å². The molecule has 0 spiro atoms. The minimum atomic E-state index is 0.0592. The van der Waals surface area contributed by atoms with Crippen LogP contribution in [0.25, 0.3) is 15.8 Å². The topological polar surface area (TPSA) is 50.2 Å². The van der Waals surface area contributed by atoms with Crippen molar-refractivity contribution in [2.24, 2.45) is 5.92 Å². The van der Waals surface area contributed by atoms with Crippen LogP contribution in [0.15, 0.2) is 41.2 Å². The van der Waals surface area contributed by atoms with Crippen LogP contribution in [0.2, 0.25) is 0 Å². The van der Waals surface area contributed by atoms with E-state index >= 15 is 0 Å². The first-order valence-corrected chi connectivity index (χ1v) is 11.1. The van der Waals surface area contributed by atoms with Crippen LogP contribution in [-0.2, 0) is 19.4 Å². The zero-order chi connectivity index (χ0) is 19.1. The fourth-order valence-corrected chi connectivity index (χ4v) is 5.97. The van der Waals surface area contributed by atoms with Crippen molar-refractivity contribution < 1.29 is 4.90 Å². The molecule has 28 heavy (non-hydrogen) atoms. The average molecular weight is 393 g/mol. The Balaban J connectivity index is 1.36. The van der Waals surface area contributed by atoms with Gasteiger partial charge in [0.05, 0.1) is 18.5 Å². The minimum Gasteiger partial charge on any atom is -0.325 e. The third-order valence-corrected chi connectivity index (χ3v) is 7.31. The first-order valence-electron chi connectivity index (χ1n) is 10.3. The second kappa shape index (κ2) is 7.30. The Morgan fingerprint density at radius 1 is 1.25 bits per heavy atom. The normalized spacial score (nSPS) is 22.1.